The molecule has 3 amide bonds. The summed E-state index contributed by atoms with van der Waals surface area (Å²) in [5.74, 6) is 1.47. The van der Waals surface area contributed by atoms with Crippen molar-refractivity contribution in [2.75, 3.05) is 12.5 Å². The number of aryl methyl sites for hydroxylation is 1. The smallest absolute Gasteiger partial charge is 0.342 e. The molecule has 0 aliphatic carbocycles. The Kier molecular flexibility index (Phi) is 6.24. The van der Waals surface area contributed by atoms with Crippen molar-refractivity contribution in [3.63, 3.8) is 0 Å². The average molecular weight is 423 g/mol. The second-order valence-corrected chi connectivity index (χ2v) is 8.04. The third-order valence-electron chi connectivity index (χ3n) is 4.33. The first-order chi connectivity index (χ1) is 14.6. The number of nitrogens with one attached hydrogen (secondary N) is 2. The summed E-state index contributed by atoms with van der Waals surface area (Å²) in [6.45, 7) is 7.89. The van der Waals surface area contributed by atoms with E-state index in [9.17, 15) is 9.59 Å². The molecule has 0 aliphatic rings. The number of anilines is 1. The Morgan fingerprint density at radius 2 is 1.84 bits per heavy atom. The van der Waals surface area contributed by atoms with Crippen LogP contribution in [-0.4, -0.2) is 34.0 Å². The molecule has 31 heavy (non-hydrogen) atoms. The van der Waals surface area contributed by atoms with E-state index in [1.54, 1.807) is 12.1 Å². The van der Waals surface area contributed by atoms with E-state index in [0.717, 1.165) is 10.5 Å². The monoisotopic (exact) mass is 423 g/mol. The molecule has 0 saturated heterocycles. The zero-order valence-electron chi connectivity index (χ0n) is 18.1. The van der Waals surface area contributed by atoms with Gasteiger partial charge in [-0.3, -0.25) is 20.1 Å². The summed E-state index contributed by atoms with van der Waals surface area (Å²) in [6, 6.07) is 11.6. The van der Waals surface area contributed by atoms with Crippen LogP contribution in [0.25, 0.3) is 0 Å². The van der Waals surface area contributed by atoms with Gasteiger partial charge < -0.3 is 9.26 Å². The highest BCUT2D eigenvalue weighted by atomic mass is 16.5. The average Bonchev–Trinajstić information content (AvgIpc) is 3.21. The van der Waals surface area contributed by atoms with Crippen LogP contribution in [0.15, 0.2) is 53.2 Å². The largest absolute Gasteiger partial charge is 0.457 e. The molecule has 0 unspecified atom stereocenters. The molecule has 9 heteroatoms. The third-order valence-corrected chi connectivity index (χ3v) is 4.33. The van der Waals surface area contributed by atoms with Gasteiger partial charge in [0.2, 0.25) is 0 Å². The second kappa shape index (κ2) is 8.86. The minimum absolute atomic E-state index is 0.0688. The quantitative estimate of drug-likeness (QED) is 0.590. The molecule has 0 bridgehead atoms. The number of hydrogen-bond donors (Lipinski definition) is 2. The van der Waals surface area contributed by atoms with Crippen LogP contribution >= 0.6 is 0 Å². The van der Waals surface area contributed by atoms with Gasteiger partial charge in [0.05, 0.1) is 0 Å². The molecule has 0 fully saturated rings. The summed E-state index contributed by atoms with van der Waals surface area (Å²) in [5.41, 5.74) is 5.94. The van der Waals surface area contributed by atoms with Gasteiger partial charge >= 0.3 is 6.03 Å². The van der Waals surface area contributed by atoms with E-state index in [2.05, 4.69) is 21.0 Å². The van der Waals surface area contributed by atoms with Gasteiger partial charge in [-0.15, -0.1) is 0 Å². The lowest BCUT2D eigenvalue weighted by Gasteiger charge is -2.16. The number of pyridine rings is 1. The number of amides is 3. The molecular weight excluding hydrogens is 398 g/mol. The first-order valence-electron chi connectivity index (χ1n) is 9.65. The molecule has 1 aromatic carbocycles. The first-order valence-corrected chi connectivity index (χ1v) is 9.65. The van der Waals surface area contributed by atoms with Crippen LogP contribution < -0.4 is 15.6 Å². The predicted octanol–water partition coefficient (Wildman–Crippen LogP) is 4.28. The van der Waals surface area contributed by atoms with Crippen LogP contribution in [-0.2, 0) is 5.41 Å². The molecule has 0 radical (unpaired) electrons. The molecule has 0 spiro atoms. The van der Waals surface area contributed by atoms with E-state index in [1.165, 1.54) is 19.3 Å². The maximum absolute atomic E-state index is 12.7. The van der Waals surface area contributed by atoms with Crippen LogP contribution in [0.4, 0.5) is 10.6 Å². The predicted molar refractivity (Wildman–Crippen MR) is 115 cm³/mol. The van der Waals surface area contributed by atoms with Crippen LogP contribution in [0.3, 0.4) is 0 Å². The maximum atomic E-state index is 12.7. The second-order valence-electron chi connectivity index (χ2n) is 8.04. The highest BCUT2D eigenvalue weighted by Gasteiger charge is 2.22. The van der Waals surface area contributed by atoms with E-state index in [-0.39, 0.29) is 11.1 Å². The Morgan fingerprint density at radius 3 is 2.52 bits per heavy atom. The van der Waals surface area contributed by atoms with Crippen molar-refractivity contribution in [2.45, 2.75) is 33.1 Å². The molecule has 2 aromatic heterocycles. The van der Waals surface area contributed by atoms with Crippen molar-refractivity contribution < 1.29 is 18.8 Å². The molecule has 0 saturated carbocycles. The summed E-state index contributed by atoms with van der Waals surface area (Å²) < 4.78 is 11.0. The van der Waals surface area contributed by atoms with Crippen LogP contribution in [0, 0.1) is 6.92 Å². The minimum Gasteiger partial charge on any atom is -0.457 e. The Bertz CT molecular complexity index is 1090. The van der Waals surface area contributed by atoms with Gasteiger partial charge in [0, 0.05) is 30.8 Å². The van der Waals surface area contributed by atoms with Gasteiger partial charge in [-0.05, 0) is 30.7 Å². The van der Waals surface area contributed by atoms with Gasteiger partial charge in [-0.2, -0.15) is 0 Å². The highest BCUT2D eigenvalue weighted by Crippen LogP contribution is 2.24. The topological polar surface area (TPSA) is 110 Å². The lowest BCUT2D eigenvalue weighted by atomic mass is 9.93. The fourth-order valence-corrected chi connectivity index (χ4v) is 2.56. The Hall–Kier alpha value is -3.88. The molecule has 2 N–H and O–H groups in total. The number of ether oxygens (including phenoxy) is 1. The van der Waals surface area contributed by atoms with Crippen molar-refractivity contribution >= 4 is 17.8 Å². The summed E-state index contributed by atoms with van der Waals surface area (Å²) >= 11 is 0. The number of benzene rings is 1. The van der Waals surface area contributed by atoms with Crippen molar-refractivity contribution in [1.29, 1.82) is 0 Å². The lowest BCUT2D eigenvalue weighted by molar-refractivity contribution is 0.0826. The van der Waals surface area contributed by atoms with E-state index < -0.39 is 11.9 Å². The molecule has 9 nitrogen and oxygen atoms in total. The van der Waals surface area contributed by atoms with Gasteiger partial charge in [0.25, 0.3) is 5.91 Å². The van der Waals surface area contributed by atoms with Crippen molar-refractivity contribution in [1.82, 2.24) is 20.5 Å². The number of rotatable bonds is 5. The Labute approximate surface area is 180 Å². The number of hydrazine groups is 1. The fourth-order valence-electron chi connectivity index (χ4n) is 2.56. The molecule has 0 aliphatic heterocycles. The highest BCUT2D eigenvalue weighted by molar-refractivity contribution is 6.03. The summed E-state index contributed by atoms with van der Waals surface area (Å²) in [6.07, 6.45) is 1.45. The number of hydrogen-bond acceptors (Lipinski definition) is 7. The van der Waals surface area contributed by atoms with Crippen LogP contribution in [0.1, 0.15) is 42.6 Å². The summed E-state index contributed by atoms with van der Waals surface area (Å²) in [4.78, 5) is 30.0. The zero-order chi connectivity index (χ0) is 22.6. The van der Waals surface area contributed by atoms with Crippen molar-refractivity contribution in [3.8, 4) is 11.5 Å². The minimum atomic E-state index is -0.683. The summed E-state index contributed by atoms with van der Waals surface area (Å²) in [7, 11) is 1.35. The number of urea groups is 1. The Morgan fingerprint density at radius 1 is 1.10 bits per heavy atom. The molecule has 3 rings (SSSR count). The standard InChI is InChI=1S/C22H25N5O4/c1-14-7-6-8-15(11-14)30-16-9-10-23-17(12-16)20(28)27(5)21(29)25-24-19-13-18(31-26-19)22(2,3)4/h6-13H,1-5H3,(H,24,26)(H,25,29). The SMILES string of the molecule is Cc1cccc(Oc2ccnc(C(=O)N(C)C(=O)NNc3cc(C(C)(C)C)on3)c2)c1. The van der Waals surface area contributed by atoms with E-state index in [4.69, 9.17) is 9.26 Å². The van der Waals surface area contributed by atoms with Crippen LogP contribution in [0.5, 0.6) is 11.5 Å². The number of carbonyl (C=O) groups excluding carboxylic acids is 2. The van der Waals surface area contributed by atoms with Gasteiger partial charge in [0.1, 0.15) is 23.0 Å². The lowest BCUT2D eigenvalue weighted by Crippen LogP contribution is -2.43. The van der Waals surface area contributed by atoms with E-state index >= 15 is 0 Å². The normalized spacial score (nSPS) is 11.0. The zero-order valence-corrected chi connectivity index (χ0v) is 18.1. The molecule has 2 heterocycles. The first kappa shape index (κ1) is 21.8. The number of carbonyl (C=O) groups is 2. The van der Waals surface area contributed by atoms with Gasteiger partial charge in [-0.25, -0.2) is 10.2 Å². The number of nitrogens with zero attached hydrogens (tertiary/aromatic N) is 3. The van der Waals surface area contributed by atoms with E-state index in [0.29, 0.717) is 23.1 Å². The number of imide groups is 1. The van der Waals surface area contributed by atoms with Gasteiger partial charge in [-0.1, -0.05) is 38.1 Å². The number of aromatic nitrogens is 2. The third kappa shape index (κ3) is 5.59. The summed E-state index contributed by atoms with van der Waals surface area (Å²) in [5, 5.41) is 3.84. The maximum Gasteiger partial charge on any atom is 0.342 e. The van der Waals surface area contributed by atoms with Crippen molar-refractivity contribution in [2.24, 2.45) is 0 Å². The molecule has 0 atom stereocenters. The molecule has 162 valence electrons. The van der Waals surface area contributed by atoms with E-state index in [1.807, 2.05) is 52.0 Å². The van der Waals surface area contributed by atoms with Gasteiger partial charge in [0.15, 0.2) is 5.82 Å². The van der Waals surface area contributed by atoms with Crippen molar-refractivity contribution in [3.05, 3.63) is 65.7 Å². The Balaban J connectivity index is 1.62. The molecular formula is C22H25N5O4. The van der Waals surface area contributed by atoms with Crippen LogP contribution in [0.2, 0.25) is 0 Å². The molecule has 3 aromatic rings. The fraction of sp³-hybridized carbons (Fsp3) is 0.273.